The van der Waals surface area contributed by atoms with Crippen molar-refractivity contribution in [2.24, 2.45) is 0 Å². The van der Waals surface area contributed by atoms with E-state index in [0.717, 1.165) is 59.8 Å². The fourth-order valence-electron chi connectivity index (χ4n) is 4.75. The molecule has 2 amide bonds. The number of nitrogens with one attached hydrogen (secondary N) is 2. The first-order valence-corrected chi connectivity index (χ1v) is 12.1. The van der Waals surface area contributed by atoms with Crippen molar-refractivity contribution in [1.29, 1.82) is 0 Å². The Morgan fingerprint density at radius 3 is 2.49 bits per heavy atom. The van der Waals surface area contributed by atoms with Crippen LogP contribution in [0.25, 0.3) is 0 Å². The molecule has 3 heterocycles. The topological polar surface area (TPSA) is 84.6 Å². The van der Waals surface area contributed by atoms with Crippen molar-refractivity contribution in [2.45, 2.75) is 33.4 Å². The summed E-state index contributed by atoms with van der Waals surface area (Å²) in [6.45, 7) is 9.03. The highest BCUT2D eigenvalue weighted by Crippen LogP contribution is 2.28. The minimum atomic E-state index is -0.204. The lowest BCUT2D eigenvalue weighted by Crippen LogP contribution is -2.44. The predicted octanol–water partition coefficient (Wildman–Crippen LogP) is 3.12. The van der Waals surface area contributed by atoms with Crippen LogP contribution in [0.1, 0.15) is 38.3 Å². The van der Waals surface area contributed by atoms with Crippen LogP contribution < -0.4 is 10.2 Å². The van der Waals surface area contributed by atoms with Crippen LogP contribution in [0, 0.1) is 13.8 Å². The third kappa shape index (κ3) is 4.93. The van der Waals surface area contributed by atoms with Crippen LogP contribution in [0.3, 0.4) is 0 Å². The van der Waals surface area contributed by atoms with E-state index in [-0.39, 0.29) is 11.8 Å². The first-order valence-electron chi connectivity index (χ1n) is 12.1. The van der Waals surface area contributed by atoms with Crippen LogP contribution in [-0.2, 0) is 24.3 Å². The lowest BCUT2D eigenvalue weighted by molar-refractivity contribution is -0.131. The van der Waals surface area contributed by atoms with Gasteiger partial charge in [0.15, 0.2) is 5.82 Å². The molecule has 5 rings (SSSR count). The number of likely N-dealkylation sites (N-methyl/N-ethyl adjacent to an activating group) is 1. The Morgan fingerprint density at radius 1 is 1.00 bits per heavy atom. The van der Waals surface area contributed by atoms with Gasteiger partial charge in [0.1, 0.15) is 0 Å². The Morgan fingerprint density at radius 2 is 1.74 bits per heavy atom. The number of benzene rings is 2. The molecule has 8 heteroatoms. The maximum absolute atomic E-state index is 13.0. The van der Waals surface area contributed by atoms with Crippen molar-refractivity contribution in [3.05, 3.63) is 76.0 Å². The molecule has 0 atom stereocenters. The van der Waals surface area contributed by atoms with Gasteiger partial charge in [-0.1, -0.05) is 23.8 Å². The molecule has 2 N–H and O–H groups in total. The zero-order chi connectivity index (χ0) is 24.5. The second-order valence-electron chi connectivity index (χ2n) is 9.68. The average Bonchev–Trinajstić information content (AvgIpc) is 3.44. The largest absolute Gasteiger partial charge is 0.369 e. The van der Waals surface area contributed by atoms with Crippen molar-refractivity contribution in [2.75, 3.05) is 43.4 Å². The van der Waals surface area contributed by atoms with Gasteiger partial charge in [-0.25, -0.2) is 0 Å². The highest BCUT2D eigenvalue weighted by molar-refractivity contribution is 6.04. The lowest BCUT2D eigenvalue weighted by Gasteiger charge is -2.34. The van der Waals surface area contributed by atoms with Crippen molar-refractivity contribution in [3.63, 3.8) is 0 Å². The summed E-state index contributed by atoms with van der Waals surface area (Å²) >= 11 is 0. The van der Waals surface area contributed by atoms with Gasteiger partial charge in [-0.05, 0) is 56.3 Å². The van der Waals surface area contributed by atoms with Crippen LogP contribution in [0.2, 0.25) is 0 Å². The quantitative estimate of drug-likeness (QED) is 0.596. The third-order valence-electron chi connectivity index (χ3n) is 7.08. The second-order valence-corrected chi connectivity index (χ2v) is 9.68. The monoisotopic (exact) mass is 472 g/mol. The Balaban J connectivity index is 1.21. The highest BCUT2D eigenvalue weighted by Gasteiger charge is 2.29. The molecule has 0 radical (unpaired) electrons. The zero-order valence-electron chi connectivity index (χ0n) is 20.6. The molecule has 0 spiro atoms. The maximum atomic E-state index is 13.0. The van der Waals surface area contributed by atoms with Crippen LogP contribution in [0.4, 0.5) is 11.5 Å². The molecule has 182 valence electrons. The lowest BCUT2D eigenvalue weighted by atomic mass is 10.0. The number of fused-ring (bicyclic) bond motifs is 1. The van der Waals surface area contributed by atoms with Crippen molar-refractivity contribution in [1.82, 2.24) is 20.0 Å². The van der Waals surface area contributed by atoms with E-state index in [1.807, 2.05) is 43.0 Å². The number of nitrogens with zero attached hydrogens (tertiary/aromatic N) is 4. The Kier molecular flexibility index (Phi) is 6.30. The van der Waals surface area contributed by atoms with Crippen molar-refractivity contribution < 1.29 is 9.59 Å². The SMILES string of the molecule is Cc1ccc(C)c(CC(=O)N2Cc3[nH]nc(NC(=O)c4ccc(N5CCN(C)CC5)cc4)c3C2)c1. The molecule has 1 fully saturated rings. The number of anilines is 2. The van der Waals surface area contributed by atoms with Gasteiger partial charge in [-0.15, -0.1) is 0 Å². The molecule has 3 aromatic rings. The van der Waals surface area contributed by atoms with E-state index in [4.69, 9.17) is 0 Å². The Labute approximate surface area is 205 Å². The molecule has 0 bridgehead atoms. The summed E-state index contributed by atoms with van der Waals surface area (Å²) in [7, 11) is 2.14. The van der Waals surface area contributed by atoms with E-state index >= 15 is 0 Å². The average molecular weight is 473 g/mol. The normalized spacial score (nSPS) is 15.9. The summed E-state index contributed by atoms with van der Waals surface area (Å²) in [6, 6.07) is 13.9. The number of carbonyl (C=O) groups is 2. The van der Waals surface area contributed by atoms with Gasteiger partial charge in [0.25, 0.3) is 5.91 Å². The number of aryl methyl sites for hydroxylation is 2. The van der Waals surface area contributed by atoms with Gasteiger partial charge in [0, 0.05) is 43.0 Å². The highest BCUT2D eigenvalue weighted by atomic mass is 16.2. The predicted molar refractivity (Wildman–Crippen MR) is 137 cm³/mol. The van der Waals surface area contributed by atoms with E-state index in [9.17, 15) is 9.59 Å². The molecule has 1 aromatic heterocycles. The second kappa shape index (κ2) is 9.54. The number of piperazine rings is 1. The van der Waals surface area contributed by atoms with Crippen LogP contribution >= 0.6 is 0 Å². The molecule has 1 saturated heterocycles. The van der Waals surface area contributed by atoms with E-state index in [1.165, 1.54) is 0 Å². The van der Waals surface area contributed by atoms with Gasteiger partial charge in [0.2, 0.25) is 5.91 Å². The number of rotatable bonds is 5. The van der Waals surface area contributed by atoms with Gasteiger partial charge in [0.05, 0.1) is 25.2 Å². The van der Waals surface area contributed by atoms with Crippen LogP contribution in [0.5, 0.6) is 0 Å². The molecular formula is C27H32N6O2. The summed E-state index contributed by atoms with van der Waals surface area (Å²) in [4.78, 5) is 32.3. The molecule has 0 aliphatic carbocycles. The van der Waals surface area contributed by atoms with Crippen LogP contribution in [0.15, 0.2) is 42.5 Å². The number of hydrogen-bond acceptors (Lipinski definition) is 5. The summed E-state index contributed by atoms with van der Waals surface area (Å²) in [6.07, 6.45) is 0.368. The van der Waals surface area contributed by atoms with Gasteiger partial charge >= 0.3 is 0 Å². The van der Waals surface area contributed by atoms with Crippen molar-refractivity contribution in [3.8, 4) is 0 Å². The standard InChI is InChI=1S/C27H32N6O2/c1-18-4-5-19(2)21(14-18)15-25(34)33-16-23-24(17-33)29-30-26(23)28-27(35)20-6-8-22(9-7-20)32-12-10-31(3)11-13-32/h4-9,14H,10-13,15-17H2,1-3H3,(H2,28,29,30,35). The third-order valence-corrected chi connectivity index (χ3v) is 7.08. The van der Waals surface area contributed by atoms with Crippen molar-refractivity contribution >= 4 is 23.3 Å². The molecule has 8 nitrogen and oxygen atoms in total. The molecule has 2 aliphatic rings. The summed E-state index contributed by atoms with van der Waals surface area (Å²) in [5, 5.41) is 10.2. The number of aromatic amines is 1. The molecule has 2 aromatic carbocycles. The fraction of sp³-hybridized carbons (Fsp3) is 0.370. The maximum Gasteiger partial charge on any atom is 0.256 e. The number of carbonyl (C=O) groups excluding carboxylic acids is 2. The molecule has 2 aliphatic heterocycles. The summed E-state index contributed by atoms with van der Waals surface area (Å²) < 4.78 is 0. The summed E-state index contributed by atoms with van der Waals surface area (Å²) in [5.74, 6) is 0.361. The van der Waals surface area contributed by atoms with E-state index in [0.29, 0.717) is 30.9 Å². The molecule has 35 heavy (non-hydrogen) atoms. The Hall–Kier alpha value is -3.65. The van der Waals surface area contributed by atoms with Crippen LogP contribution in [-0.4, -0.2) is 65.0 Å². The first kappa shape index (κ1) is 23.1. The molecule has 0 saturated carbocycles. The fourth-order valence-corrected chi connectivity index (χ4v) is 4.75. The number of hydrogen-bond donors (Lipinski definition) is 2. The van der Waals surface area contributed by atoms with Gasteiger partial charge < -0.3 is 20.0 Å². The van der Waals surface area contributed by atoms with Gasteiger partial charge in [-0.2, -0.15) is 5.10 Å². The molecular weight excluding hydrogens is 440 g/mol. The smallest absolute Gasteiger partial charge is 0.256 e. The first-order chi connectivity index (χ1) is 16.9. The van der Waals surface area contributed by atoms with E-state index in [2.05, 4.69) is 50.6 Å². The zero-order valence-corrected chi connectivity index (χ0v) is 20.6. The van der Waals surface area contributed by atoms with Gasteiger partial charge in [-0.3, -0.25) is 14.7 Å². The molecule has 0 unspecified atom stereocenters. The summed E-state index contributed by atoms with van der Waals surface area (Å²) in [5.41, 5.74) is 6.79. The Bertz CT molecular complexity index is 1240. The minimum absolute atomic E-state index is 0.0695. The minimum Gasteiger partial charge on any atom is -0.369 e. The van der Waals surface area contributed by atoms with E-state index < -0.39 is 0 Å². The number of H-pyrrole nitrogens is 1. The number of aromatic nitrogens is 2. The van der Waals surface area contributed by atoms with E-state index in [1.54, 1.807) is 0 Å². The number of amides is 2.